The molecule has 9 atom stereocenters. The first kappa shape index (κ1) is 42.5. The number of aliphatic hydroxyl groups is 3. The summed E-state index contributed by atoms with van der Waals surface area (Å²) in [6.45, 7) is 5.50. The maximum absolute atomic E-state index is 13.0. The van der Waals surface area contributed by atoms with E-state index in [2.05, 4.69) is 12.2 Å². The number of esters is 1. The molecule has 0 aromatic heterocycles. The van der Waals surface area contributed by atoms with Crippen LogP contribution < -0.4 is 0 Å². The first-order valence-electron chi connectivity index (χ1n) is 18.0. The third-order valence-electron chi connectivity index (χ3n) is 9.99. The molecule has 3 unspecified atom stereocenters. The second kappa shape index (κ2) is 19.3. The molecule has 1 aromatic rings. The smallest absolute Gasteiger partial charge is 0.344 e. The topological polar surface area (TPSA) is 217 Å². The van der Waals surface area contributed by atoms with E-state index in [9.17, 15) is 49.8 Å². The number of aliphatic carboxylic acids is 3. The molecule has 2 aliphatic rings. The Morgan fingerprint density at radius 1 is 0.885 bits per heavy atom. The normalized spacial score (nSPS) is 29.0. The number of ether oxygens (including phenoxy) is 3. The van der Waals surface area contributed by atoms with Crippen molar-refractivity contribution in [3.8, 4) is 0 Å². The van der Waals surface area contributed by atoms with Crippen LogP contribution in [0, 0.1) is 11.8 Å². The molecule has 13 nitrogen and oxygen atoms in total. The molecule has 0 saturated carbocycles. The highest BCUT2D eigenvalue weighted by atomic mass is 16.8. The number of fused-ring (bicyclic) bond motifs is 2. The highest BCUT2D eigenvalue weighted by Crippen LogP contribution is 2.56. The van der Waals surface area contributed by atoms with E-state index in [4.69, 9.17) is 14.2 Å². The Hall–Kier alpha value is -3.88. The van der Waals surface area contributed by atoms with E-state index in [1.165, 1.54) is 0 Å². The van der Waals surface area contributed by atoms with Crippen molar-refractivity contribution < 1.29 is 64.0 Å². The molecule has 2 bridgehead atoms. The maximum atomic E-state index is 13.0. The van der Waals surface area contributed by atoms with E-state index in [0.29, 0.717) is 25.7 Å². The predicted molar refractivity (Wildman–Crippen MR) is 190 cm³/mol. The van der Waals surface area contributed by atoms with Crippen molar-refractivity contribution >= 4 is 30.0 Å². The summed E-state index contributed by atoms with van der Waals surface area (Å²) in [5.41, 5.74) is -6.32. The van der Waals surface area contributed by atoms with Crippen LogP contribution in [-0.4, -0.2) is 95.9 Å². The van der Waals surface area contributed by atoms with Crippen LogP contribution in [0.5, 0.6) is 0 Å². The Kier molecular flexibility index (Phi) is 15.8. The lowest BCUT2D eigenvalue weighted by molar-refractivity contribution is -0.374. The quantitative estimate of drug-likeness (QED) is 0.0533. The summed E-state index contributed by atoms with van der Waals surface area (Å²) >= 11 is 0. The average molecular weight is 731 g/mol. The van der Waals surface area contributed by atoms with Gasteiger partial charge in [-0.1, -0.05) is 80.6 Å². The third-order valence-corrected chi connectivity index (χ3v) is 9.99. The van der Waals surface area contributed by atoms with Crippen LogP contribution in [0.2, 0.25) is 0 Å². The van der Waals surface area contributed by atoms with Gasteiger partial charge in [-0.3, -0.25) is 4.79 Å². The van der Waals surface area contributed by atoms with Gasteiger partial charge in [-0.2, -0.15) is 0 Å². The molecule has 0 amide bonds. The molecule has 0 radical (unpaired) electrons. The molecule has 2 saturated heterocycles. The van der Waals surface area contributed by atoms with Gasteiger partial charge in [0.15, 0.2) is 6.10 Å². The largest absolute Gasteiger partial charge is 0.479 e. The molecule has 2 fully saturated rings. The number of carboxylic acids is 3. The summed E-state index contributed by atoms with van der Waals surface area (Å²) in [6, 6.07) is 9.57. The minimum absolute atomic E-state index is 0.0253. The highest BCUT2D eigenvalue weighted by Gasteiger charge is 2.85. The van der Waals surface area contributed by atoms with Crippen molar-refractivity contribution in [2.75, 3.05) is 0 Å². The van der Waals surface area contributed by atoms with Crippen molar-refractivity contribution in [3.05, 3.63) is 66.3 Å². The van der Waals surface area contributed by atoms with Crippen molar-refractivity contribution in [3.63, 3.8) is 0 Å². The number of carboxylic acid groups (broad SMARTS) is 3. The molecule has 1 aromatic carbocycles. The number of carbonyl (C=O) groups excluding carboxylic acids is 1. The summed E-state index contributed by atoms with van der Waals surface area (Å²) in [5, 5.41) is 64.6. The Morgan fingerprint density at radius 3 is 2.08 bits per heavy atom. The zero-order valence-electron chi connectivity index (χ0n) is 30.1. The fourth-order valence-corrected chi connectivity index (χ4v) is 6.89. The summed E-state index contributed by atoms with van der Waals surface area (Å²) in [4.78, 5) is 50.9. The number of hydrogen-bond acceptors (Lipinski definition) is 10. The zero-order chi connectivity index (χ0) is 38.5. The first-order valence-corrected chi connectivity index (χ1v) is 18.0. The van der Waals surface area contributed by atoms with E-state index in [-0.39, 0.29) is 18.8 Å². The van der Waals surface area contributed by atoms with Crippen LogP contribution in [-0.2, 0) is 33.4 Å². The number of unbranched alkanes of at least 4 members (excludes halogenated alkanes) is 5. The van der Waals surface area contributed by atoms with Gasteiger partial charge in [0.05, 0.1) is 6.10 Å². The van der Waals surface area contributed by atoms with Gasteiger partial charge in [0, 0.05) is 12.8 Å². The fraction of sp³-hybridized carbons (Fsp3) is 0.590. The van der Waals surface area contributed by atoms with Crippen LogP contribution in [0.15, 0.2) is 60.7 Å². The predicted octanol–water partition coefficient (Wildman–Crippen LogP) is 4.88. The van der Waals surface area contributed by atoms with Gasteiger partial charge in [0.25, 0.3) is 0 Å². The van der Waals surface area contributed by atoms with E-state index in [1.54, 1.807) is 6.92 Å². The molecule has 0 aliphatic carbocycles. The van der Waals surface area contributed by atoms with Gasteiger partial charge >= 0.3 is 23.9 Å². The Bertz CT molecular complexity index is 1440. The van der Waals surface area contributed by atoms with E-state index in [1.807, 2.05) is 68.5 Å². The molecular formula is C39H54O13. The summed E-state index contributed by atoms with van der Waals surface area (Å²) < 4.78 is 16.6. The number of benzene rings is 1. The van der Waals surface area contributed by atoms with Crippen LogP contribution in [0.4, 0.5) is 0 Å². The number of carbonyl (C=O) groups is 4. The fourth-order valence-electron chi connectivity index (χ4n) is 6.89. The standard InChI is InChI=1S/C39H54O13/c1-4-5-6-7-8-9-10-11-12-13-17-23-29(40)50-32-31(42)37(51-33(34(43)44)38(49,35(45)46)39(32,52-37)36(47)48)25-24-27(3)30(41)26(2)19-18-22-28-20-15-14-16-21-28/h4-5,10-11,14-16,18,20-22,26-27,30-33,41-42,49H,6-9,12-13,17,19,23-25H2,1-3H3,(H,43,44)(H,45,46)(H,47,48)/b5-4+,11-10+,22-18+/t26?,27?,30?,31-,32-,33-,37+,38-,39+/m1/s1. The number of rotatable bonds is 22. The summed E-state index contributed by atoms with van der Waals surface area (Å²) in [7, 11) is 0. The molecule has 13 heteroatoms. The first-order chi connectivity index (χ1) is 24.7. The molecule has 0 spiro atoms. The minimum atomic E-state index is -3.83. The van der Waals surface area contributed by atoms with Crippen LogP contribution >= 0.6 is 0 Å². The second-order valence-corrected chi connectivity index (χ2v) is 13.8. The van der Waals surface area contributed by atoms with Gasteiger partial charge in [-0.05, 0) is 82.1 Å². The van der Waals surface area contributed by atoms with E-state index >= 15 is 0 Å². The van der Waals surface area contributed by atoms with E-state index in [0.717, 1.165) is 31.2 Å². The molecule has 2 aliphatic heterocycles. The maximum Gasteiger partial charge on any atom is 0.344 e. The number of hydrogen-bond donors (Lipinski definition) is 6. The lowest BCUT2D eigenvalue weighted by atomic mass is 9.74. The Labute approximate surface area is 304 Å². The van der Waals surface area contributed by atoms with Gasteiger partial charge in [0.2, 0.25) is 23.1 Å². The highest BCUT2D eigenvalue weighted by molar-refractivity contribution is 5.98. The van der Waals surface area contributed by atoms with Crippen molar-refractivity contribution in [2.45, 2.75) is 133 Å². The van der Waals surface area contributed by atoms with Gasteiger partial charge in [0.1, 0.15) is 6.10 Å². The monoisotopic (exact) mass is 730 g/mol. The molecule has 6 N–H and O–H groups in total. The SMILES string of the molecule is C/C=C/CCCC/C=C/CCCCC(=O)O[C@@H]1[C@@H](O)[C@@]2(CCC(C)C(O)C(C)C/C=C/c3ccccc3)O[C@H](C(=O)O)[C@@](O)(C(=O)O)[C@]1(C(=O)O)O2. The molecular weight excluding hydrogens is 676 g/mol. The van der Waals surface area contributed by atoms with Crippen molar-refractivity contribution in [2.24, 2.45) is 11.8 Å². The van der Waals surface area contributed by atoms with Crippen LogP contribution in [0.25, 0.3) is 6.08 Å². The van der Waals surface area contributed by atoms with E-state index < -0.39 is 77.6 Å². The van der Waals surface area contributed by atoms with Gasteiger partial charge in [-0.25, -0.2) is 14.4 Å². The Morgan fingerprint density at radius 2 is 1.50 bits per heavy atom. The van der Waals surface area contributed by atoms with Gasteiger partial charge < -0.3 is 44.8 Å². The van der Waals surface area contributed by atoms with Crippen LogP contribution in [0.1, 0.15) is 97.0 Å². The number of allylic oxidation sites excluding steroid dienone is 5. The van der Waals surface area contributed by atoms with Gasteiger partial charge in [-0.15, -0.1) is 0 Å². The molecule has 2 heterocycles. The summed E-state index contributed by atoms with van der Waals surface area (Å²) in [5.74, 6) is -10.9. The van der Waals surface area contributed by atoms with Crippen molar-refractivity contribution in [1.82, 2.24) is 0 Å². The molecule has 3 rings (SSSR count). The number of aliphatic hydroxyl groups excluding tert-OH is 2. The third kappa shape index (κ3) is 9.56. The average Bonchev–Trinajstić information content (AvgIpc) is 3.32. The second-order valence-electron chi connectivity index (χ2n) is 13.8. The zero-order valence-corrected chi connectivity index (χ0v) is 30.1. The van der Waals surface area contributed by atoms with Crippen molar-refractivity contribution in [1.29, 1.82) is 0 Å². The molecule has 288 valence electrons. The lowest BCUT2D eigenvalue weighted by Crippen LogP contribution is -2.78. The lowest BCUT2D eigenvalue weighted by Gasteiger charge is -2.48. The molecule has 52 heavy (non-hydrogen) atoms. The minimum Gasteiger partial charge on any atom is -0.479 e. The van der Waals surface area contributed by atoms with Crippen LogP contribution in [0.3, 0.4) is 0 Å². The Balaban J connectivity index is 1.75. The summed E-state index contributed by atoms with van der Waals surface area (Å²) in [6.07, 6.45) is 9.20.